The molecule has 3 heterocycles. The Labute approximate surface area is 174 Å². The number of aliphatic imine (C=N–C) groups is 1. The molecule has 148 valence electrons. The van der Waals surface area contributed by atoms with Crippen molar-refractivity contribution in [3.8, 4) is 11.5 Å². The van der Waals surface area contributed by atoms with Crippen LogP contribution in [0.5, 0.6) is 11.5 Å². The van der Waals surface area contributed by atoms with Gasteiger partial charge in [0.25, 0.3) is 0 Å². The van der Waals surface area contributed by atoms with Crippen LogP contribution in [-0.4, -0.2) is 31.1 Å². The summed E-state index contributed by atoms with van der Waals surface area (Å²) in [5.41, 5.74) is 2.60. The predicted molar refractivity (Wildman–Crippen MR) is 117 cm³/mol. The van der Waals surface area contributed by atoms with Gasteiger partial charge in [0.2, 0.25) is 5.72 Å². The summed E-state index contributed by atoms with van der Waals surface area (Å²) in [6.07, 6.45) is 4.53. The Kier molecular flexibility index (Phi) is 3.84. The number of aromatic nitrogens is 1. The molecule has 2 aliphatic rings. The smallest absolute Gasteiger partial charge is 0.229 e. The lowest BCUT2D eigenvalue weighted by molar-refractivity contribution is 0.0675. The Morgan fingerprint density at radius 2 is 2.07 bits per heavy atom. The first-order valence-corrected chi connectivity index (χ1v) is 10.1. The van der Waals surface area contributed by atoms with Crippen LogP contribution in [0.25, 0.3) is 10.9 Å². The third-order valence-electron chi connectivity index (χ3n) is 6.55. The Hall–Kier alpha value is -2.79. The van der Waals surface area contributed by atoms with Gasteiger partial charge in [-0.25, -0.2) is 4.99 Å². The molecule has 6 heteroatoms. The molecule has 2 aliphatic heterocycles. The van der Waals surface area contributed by atoms with Gasteiger partial charge in [0.05, 0.1) is 24.3 Å². The molecule has 0 aliphatic carbocycles. The first kappa shape index (κ1) is 18.3. The topological polar surface area (TPSA) is 47.0 Å². The van der Waals surface area contributed by atoms with Gasteiger partial charge in [-0.2, -0.15) is 0 Å². The zero-order valence-electron chi connectivity index (χ0n) is 16.9. The largest absolute Gasteiger partial charge is 0.493 e. The molecule has 3 aromatic rings. The summed E-state index contributed by atoms with van der Waals surface area (Å²) in [6.45, 7) is 4.37. The molecule has 0 bridgehead atoms. The minimum absolute atomic E-state index is 0.354. The number of fused-ring (bicyclic) bond motifs is 4. The van der Waals surface area contributed by atoms with E-state index in [2.05, 4.69) is 23.7 Å². The van der Waals surface area contributed by atoms with E-state index in [1.54, 1.807) is 13.3 Å². The number of nitrogens with zero attached hydrogens (tertiary/aromatic N) is 3. The van der Waals surface area contributed by atoms with Crippen LogP contribution in [0.15, 0.2) is 47.6 Å². The van der Waals surface area contributed by atoms with E-state index in [-0.39, 0.29) is 5.41 Å². The lowest BCUT2D eigenvalue weighted by atomic mass is 9.73. The van der Waals surface area contributed by atoms with Gasteiger partial charge < -0.3 is 14.4 Å². The molecular weight excluding hydrogens is 386 g/mol. The summed E-state index contributed by atoms with van der Waals surface area (Å²) in [7, 11) is 3.69. The van der Waals surface area contributed by atoms with Crippen molar-refractivity contribution in [2.45, 2.75) is 31.4 Å². The van der Waals surface area contributed by atoms with Gasteiger partial charge in [0.1, 0.15) is 5.69 Å². The predicted octanol–water partition coefficient (Wildman–Crippen LogP) is 5.51. The number of rotatable bonds is 2. The second-order valence-corrected chi connectivity index (χ2v) is 8.23. The number of likely N-dealkylation sites (N-methyl/N-ethyl adjacent to an activating group) is 1. The summed E-state index contributed by atoms with van der Waals surface area (Å²) in [6, 6.07) is 11.9. The minimum atomic E-state index is -0.794. The van der Waals surface area contributed by atoms with Crippen molar-refractivity contribution in [2.24, 2.45) is 4.99 Å². The number of benzene rings is 2. The van der Waals surface area contributed by atoms with Crippen LogP contribution in [0.3, 0.4) is 0 Å². The summed E-state index contributed by atoms with van der Waals surface area (Å²) in [4.78, 5) is 11.6. The normalized spacial score (nSPS) is 24.5. The monoisotopic (exact) mass is 407 g/mol. The van der Waals surface area contributed by atoms with Crippen molar-refractivity contribution in [1.82, 2.24) is 4.98 Å². The number of methoxy groups -OCH3 is 1. The molecule has 1 aromatic heterocycles. The van der Waals surface area contributed by atoms with Gasteiger partial charge in [-0.05, 0) is 49.2 Å². The Bertz CT molecular complexity index is 1180. The number of hydrogen-bond acceptors (Lipinski definition) is 5. The SMILES string of the molecule is CCC1(C)c2cc(Cl)ccc2N(C)C12C=Nc1c(c(OC)cc3cccnc13)O2. The highest BCUT2D eigenvalue weighted by Crippen LogP contribution is 2.57. The lowest BCUT2D eigenvalue weighted by Crippen LogP contribution is -2.61. The number of anilines is 1. The fraction of sp³-hybridized carbons (Fsp3) is 0.304. The fourth-order valence-corrected chi connectivity index (χ4v) is 4.88. The van der Waals surface area contributed by atoms with Crippen LogP contribution in [-0.2, 0) is 5.41 Å². The lowest BCUT2D eigenvalue weighted by Gasteiger charge is -2.46. The molecule has 2 atom stereocenters. The van der Waals surface area contributed by atoms with E-state index in [1.807, 2.05) is 49.7 Å². The molecule has 0 radical (unpaired) electrons. The molecule has 2 unspecified atom stereocenters. The Morgan fingerprint density at radius 3 is 2.83 bits per heavy atom. The van der Waals surface area contributed by atoms with E-state index in [9.17, 15) is 0 Å². The van der Waals surface area contributed by atoms with Crippen LogP contribution >= 0.6 is 11.6 Å². The highest BCUT2D eigenvalue weighted by atomic mass is 35.5. The molecule has 2 aromatic carbocycles. The maximum atomic E-state index is 6.82. The highest BCUT2D eigenvalue weighted by Gasteiger charge is 2.60. The van der Waals surface area contributed by atoms with Gasteiger partial charge in [0.15, 0.2) is 11.5 Å². The average Bonchev–Trinajstić information content (AvgIpc) is 2.92. The van der Waals surface area contributed by atoms with E-state index in [1.165, 1.54) is 0 Å². The first-order valence-electron chi connectivity index (χ1n) is 9.69. The van der Waals surface area contributed by atoms with Crippen LogP contribution in [0, 0.1) is 0 Å². The van der Waals surface area contributed by atoms with Gasteiger partial charge in [0, 0.05) is 29.3 Å². The number of ether oxygens (including phenoxy) is 2. The van der Waals surface area contributed by atoms with E-state index in [0.29, 0.717) is 17.2 Å². The van der Waals surface area contributed by atoms with Crippen LogP contribution in [0.2, 0.25) is 5.02 Å². The van der Waals surface area contributed by atoms with Crippen molar-refractivity contribution in [3.05, 3.63) is 53.2 Å². The molecule has 0 N–H and O–H groups in total. The first-order chi connectivity index (χ1) is 13.9. The van der Waals surface area contributed by atoms with Crippen molar-refractivity contribution in [2.75, 3.05) is 19.1 Å². The maximum absolute atomic E-state index is 6.82. The second-order valence-electron chi connectivity index (χ2n) is 7.79. The van der Waals surface area contributed by atoms with Crippen molar-refractivity contribution in [3.63, 3.8) is 0 Å². The quantitative estimate of drug-likeness (QED) is 0.562. The molecule has 0 saturated carbocycles. The molecule has 1 spiro atoms. The molecule has 5 rings (SSSR count). The van der Waals surface area contributed by atoms with Crippen molar-refractivity contribution in [1.29, 1.82) is 0 Å². The third kappa shape index (κ3) is 2.22. The number of hydrogen-bond donors (Lipinski definition) is 0. The molecular formula is C23H22ClN3O2. The summed E-state index contributed by atoms with van der Waals surface area (Å²) >= 11 is 6.36. The standard InChI is InChI=1S/C23H22ClN3O2/c1-5-22(2)16-12-15(24)8-9-17(16)27(3)23(22)13-26-20-19-14(7-6-10-25-19)11-18(28-4)21(20)29-23/h6-13H,5H2,1-4H3. The third-order valence-corrected chi connectivity index (χ3v) is 6.78. The van der Waals surface area contributed by atoms with Crippen molar-refractivity contribution < 1.29 is 9.47 Å². The number of halogens is 1. The van der Waals surface area contributed by atoms with E-state index >= 15 is 0 Å². The van der Waals surface area contributed by atoms with Crippen LogP contribution < -0.4 is 14.4 Å². The molecule has 0 amide bonds. The van der Waals surface area contributed by atoms with Crippen LogP contribution in [0.4, 0.5) is 11.4 Å². The molecule has 5 nitrogen and oxygen atoms in total. The van der Waals surface area contributed by atoms with Crippen LogP contribution in [0.1, 0.15) is 25.8 Å². The fourth-order valence-electron chi connectivity index (χ4n) is 4.71. The maximum Gasteiger partial charge on any atom is 0.229 e. The van der Waals surface area contributed by atoms with E-state index in [0.717, 1.165) is 33.6 Å². The average molecular weight is 408 g/mol. The van der Waals surface area contributed by atoms with Gasteiger partial charge in [-0.1, -0.05) is 24.6 Å². The molecule has 0 saturated heterocycles. The van der Waals surface area contributed by atoms with Gasteiger partial charge in [-0.15, -0.1) is 0 Å². The van der Waals surface area contributed by atoms with Crippen molar-refractivity contribution >= 4 is 40.1 Å². The summed E-state index contributed by atoms with van der Waals surface area (Å²) in [5, 5.41) is 1.68. The minimum Gasteiger partial charge on any atom is -0.493 e. The van der Waals surface area contributed by atoms with E-state index < -0.39 is 5.72 Å². The second kappa shape index (κ2) is 6.10. The Balaban J connectivity index is 1.77. The van der Waals surface area contributed by atoms with Gasteiger partial charge >= 0.3 is 0 Å². The molecule has 29 heavy (non-hydrogen) atoms. The number of pyridine rings is 1. The zero-order chi connectivity index (χ0) is 20.4. The van der Waals surface area contributed by atoms with E-state index in [4.69, 9.17) is 26.1 Å². The Morgan fingerprint density at radius 1 is 1.24 bits per heavy atom. The molecule has 0 fully saturated rings. The zero-order valence-corrected chi connectivity index (χ0v) is 17.6. The highest BCUT2D eigenvalue weighted by molar-refractivity contribution is 6.30. The van der Waals surface area contributed by atoms with Gasteiger partial charge in [-0.3, -0.25) is 4.98 Å². The summed E-state index contributed by atoms with van der Waals surface area (Å²) < 4.78 is 12.5. The summed E-state index contributed by atoms with van der Waals surface area (Å²) in [5.74, 6) is 1.27.